The van der Waals surface area contributed by atoms with Gasteiger partial charge in [-0.3, -0.25) is 4.79 Å². The standard InChI is InChI=1S/C11H16O4S/c1-11(2)5-7(11)9(12)15-6-8(16-4)10(13)14-3/h6-7H,5H2,1-4H3. The van der Waals surface area contributed by atoms with Crippen molar-refractivity contribution in [3.63, 3.8) is 0 Å². The minimum absolute atomic E-state index is 0.0374. The van der Waals surface area contributed by atoms with E-state index in [-0.39, 0.29) is 22.2 Å². The van der Waals surface area contributed by atoms with Crippen molar-refractivity contribution < 1.29 is 19.1 Å². The number of hydrogen-bond donors (Lipinski definition) is 0. The van der Waals surface area contributed by atoms with Gasteiger partial charge in [-0.05, 0) is 18.1 Å². The topological polar surface area (TPSA) is 52.6 Å². The molecule has 0 amide bonds. The summed E-state index contributed by atoms with van der Waals surface area (Å²) in [5.74, 6) is -0.819. The molecule has 90 valence electrons. The minimum Gasteiger partial charge on any atom is -0.465 e. The molecule has 4 nitrogen and oxygen atoms in total. The predicted molar refractivity (Wildman–Crippen MR) is 61.6 cm³/mol. The largest absolute Gasteiger partial charge is 0.465 e. The molecule has 0 aromatic rings. The molecule has 0 aromatic carbocycles. The lowest BCUT2D eigenvalue weighted by molar-refractivity contribution is -0.140. The average Bonchev–Trinajstić information content (AvgIpc) is 2.88. The molecule has 1 aliphatic rings. The quantitative estimate of drug-likeness (QED) is 0.430. The van der Waals surface area contributed by atoms with E-state index in [0.29, 0.717) is 0 Å². The SMILES string of the molecule is COC(=O)C(=COC(=O)C1CC1(C)C)SC. The zero-order valence-corrected chi connectivity index (χ0v) is 10.7. The number of carbonyl (C=O) groups is 2. The van der Waals surface area contributed by atoms with Crippen LogP contribution >= 0.6 is 11.8 Å². The maximum atomic E-state index is 11.5. The van der Waals surface area contributed by atoms with Crippen molar-refractivity contribution in [2.45, 2.75) is 20.3 Å². The molecule has 0 aromatic heterocycles. The Morgan fingerprint density at radius 1 is 1.44 bits per heavy atom. The Kier molecular flexibility index (Phi) is 4.02. The van der Waals surface area contributed by atoms with Crippen LogP contribution < -0.4 is 0 Å². The lowest BCUT2D eigenvalue weighted by Crippen LogP contribution is -2.09. The van der Waals surface area contributed by atoms with E-state index in [2.05, 4.69) is 4.74 Å². The first-order chi connectivity index (χ1) is 7.42. The third-order valence-corrected chi connectivity index (χ3v) is 3.39. The molecule has 1 fully saturated rings. The minimum atomic E-state index is -0.490. The molecule has 1 unspecified atom stereocenters. The molecule has 5 heteroatoms. The number of thioether (sulfide) groups is 1. The molecule has 0 bridgehead atoms. The van der Waals surface area contributed by atoms with Crippen LogP contribution in [0.5, 0.6) is 0 Å². The molecule has 0 N–H and O–H groups in total. The summed E-state index contributed by atoms with van der Waals surface area (Å²) in [7, 11) is 1.29. The van der Waals surface area contributed by atoms with Crippen LogP contribution in [-0.4, -0.2) is 25.3 Å². The van der Waals surface area contributed by atoms with Gasteiger partial charge in [-0.15, -0.1) is 11.8 Å². The maximum Gasteiger partial charge on any atom is 0.347 e. The van der Waals surface area contributed by atoms with Gasteiger partial charge in [0.25, 0.3) is 0 Å². The van der Waals surface area contributed by atoms with Crippen LogP contribution in [0.15, 0.2) is 11.2 Å². The van der Waals surface area contributed by atoms with Gasteiger partial charge < -0.3 is 9.47 Å². The molecular formula is C11H16O4S. The number of esters is 2. The summed E-state index contributed by atoms with van der Waals surface area (Å²) >= 11 is 1.19. The average molecular weight is 244 g/mol. The number of hydrogen-bond acceptors (Lipinski definition) is 5. The highest BCUT2D eigenvalue weighted by Gasteiger charge is 2.51. The highest BCUT2D eigenvalue weighted by molar-refractivity contribution is 8.03. The van der Waals surface area contributed by atoms with Crippen LogP contribution in [-0.2, 0) is 19.1 Å². The van der Waals surface area contributed by atoms with Gasteiger partial charge in [0.1, 0.15) is 11.2 Å². The second-order valence-electron chi connectivity index (χ2n) is 4.36. The molecule has 0 radical (unpaired) electrons. The molecule has 16 heavy (non-hydrogen) atoms. The Balaban J connectivity index is 2.52. The number of carbonyl (C=O) groups excluding carboxylic acids is 2. The Morgan fingerprint density at radius 3 is 2.38 bits per heavy atom. The van der Waals surface area contributed by atoms with Crippen LogP contribution in [0, 0.1) is 11.3 Å². The van der Waals surface area contributed by atoms with Crippen molar-refractivity contribution in [3.05, 3.63) is 11.2 Å². The maximum absolute atomic E-state index is 11.5. The molecular weight excluding hydrogens is 228 g/mol. The monoisotopic (exact) mass is 244 g/mol. The van der Waals surface area contributed by atoms with Gasteiger partial charge >= 0.3 is 11.9 Å². The molecule has 1 aliphatic carbocycles. The second kappa shape index (κ2) is 4.91. The van der Waals surface area contributed by atoms with Crippen molar-refractivity contribution in [2.75, 3.05) is 13.4 Å². The summed E-state index contributed by atoms with van der Waals surface area (Å²) in [6, 6.07) is 0. The molecule has 0 heterocycles. The van der Waals surface area contributed by atoms with Crippen molar-refractivity contribution in [3.8, 4) is 0 Å². The summed E-state index contributed by atoms with van der Waals surface area (Å²) in [6.07, 6.45) is 3.73. The smallest absolute Gasteiger partial charge is 0.347 e. The lowest BCUT2D eigenvalue weighted by Gasteiger charge is -2.03. The van der Waals surface area contributed by atoms with Crippen LogP contribution in [0.2, 0.25) is 0 Å². The Labute approximate surface area is 99.4 Å². The molecule has 0 spiro atoms. The fraction of sp³-hybridized carbons (Fsp3) is 0.636. The second-order valence-corrected chi connectivity index (χ2v) is 5.21. The molecule has 0 saturated heterocycles. The van der Waals surface area contributed by atoms with Crippen LogP contribution in [0.4, 0.5) is 0 Å². The summed E-state index contributed by atoms with van der Waals surface area (Å²) < 4.78 is 9.49. The van der Waals surface area contributed by atoms with Gasteiger partial charge in [0.2, 0.25) is 0 Å². The van der Waals surface area contributed by atoms with E-state index in [4.69, 9.17) is 4.74 Å². The van der Waals surface area contributed by atoms with Crippen LogP contribution in [0.25, 0.3) is 0 Å². The molecule has 0 aliphatic heterocycles. The van der Waals surface area contributed by atoms with E-state index in [9.17, 15) is 9.59 Å². The molecule has 1 atom stereocenters. The zero-order chi connectivity index (χ0) is 12.3. The summed E-state index contributed by atoms with van der Waals surface area (Å²) in [6.45, 7) is 4.02. The van der Waals surface area contributed by atoms with E-state index in [1.165, 1.54) is 25.1 Å². The first-order valence-corrected chi connectivity index (χ1v) is 6.18. The summed E-state index contributed by atoms with van der Waals surface area (Å²) in [4.78, 5) is 23.0. The first kappa shape index (κ1) is 13.1. The van der Waals surface area contributed by atoms with Crippen LogP contribution in [0.1, 0.15) is 20.3 Å². The van der Waals surface area contributed by atoms with E-state index < -0.39 is 5.97 Å². The van der Waals surface area contributed by atoms with Gasteiger partial charge in [0, 0.05) is 0 Å². The van der Waals surface area contributed by atoms with E-state index in [1.54, 1.807) is 6.26 Å². The molecule has 1 saturated carbocycles. The van der Waals surface area contributed by atoms with Crippen molar-refractivity contribution in [1.82, 2.24) is 0 Å². The molecule has 1 rings (SSSR count). The van der Waals surface area contributed by atoms with Gasteiger partial charge in [0.05, 0.1) is 13.0 Å². The fourth-order valence-corrected chi connectivity index (χ4v) is 1.74. The van der Waals surface area contributed by atoms with Gasteiger partial charge in [0.15, 0.2) is 0 Å². The van der Waals surface area contributed by atoms with Crippen molar-refractivity contribution in [1.29, 1.82) is 0 Å². The van der Waals surface area contributed by atoms with E-state index >= 15 is 0 Å². The summed E-state index contributed by atoms with van der Waals surface area (Å²) in [5.41, 5.74) is 0.0374. The van der Waals surface area contributed by atoms with Crippen molar-refractivity contribution >= 4 is 23.7 Å². The number of rotatable bonds is 4. The normalized spacial score (nSPS) is 22.5. The first-order valence-electron chi connectivity index (χ1n) is 4.95. The highest BCUT2D eigenvalue weighted by Crippen LogP contribution is 2.52. The number of methoxy groups -OCH3 is 1. The van der Waals surface area contributed by atoms with E-state index in [1.807, 2.05) is 13.8 Å². The van der Waals surface area contributed by atoms with Gasteiger partial charge in [-0.25, -0.2) is 4.79 Å². The Hall–Kier alpha value is -0.970. The van der Waals surface area contributed by atoms with E-state index in [0.717, 1.165) is 6.42 Å². The Morgan fingerprint density at radius 2 is 2.00 bits per heavy atom. The summed E-state index contributed by atoms with van der Waals surface area (Å²) in [5, 5.41) is 0. The van der Waals surface area contributed by atoms with Gasteiger partial charge in [-0.1, -0.05) is 13.8 Å². The fourth-order valence-electron chi connectivity index (χ4n) is 1.34. The number of ether oxygens (including phenoxy) is 2. The third kappa shape index (κ3) is 3.01. The third-order valence-electron chi connectivity index (χ3n) is 2.69. The Bertz CT molecular complexity index is 333. The van der Waals surface area contributed by atoms with Crippen LogP contribution in [0.3, 0.4) is 0 Å². The van der Waals surface area contributed by atoms with Gasteiger partial charge in [-0.2, -0.15) is 0 Å². The highest BCUT2D eigenvalue weighted by atomic mass is 32.2. The lowest BCUT2D eigenvalue weighted by atomic mass is 10.1. The predicted octanol–water partition coefficient (Wildman–Crippen LogP) is 1.95. The van der Waals surface area contributed by atoms with Crippen molar-refractivity contribution in [2.24, 2.45) is 11.3 Å². The zero-order valence-electron chi connectivity index (χ0n) is 9.90.